The number of rotatable bonds is 3. The lowest BCUT2D eigenvalue weighted by molar-refractivity contribution is 0.215. The number of benzene rings is 1. The lowest BCUT2D eigenvalue weighted by atomic mass is 10.0. The van der Waals surface area contributed by atoms with Crippen LogP contribution in [0.4, 0.5) is 0 Å². The number of hydrogen-bond acceptors (Lipinski definition) is 3. The van der Waals surface area contributed by atoms with Crippen molar-refractivity contribution in [1.82, 2.24) is 0 Å². The van der Waals surface area contributed by atoms with E-state index in [1.54, 1.807) is 18.4 Å². The molecule has 4 heteroatoms. The highest BCUT2D eigenvalue weighted by molar-refractivity contribution is 9.11. The lowest BCUT2D eigenvalue weighted by Crippen LogP contribution is -2.01. The molecule has 1 unspecified atom stereocenters. The average molecular weight is 313 g/mol. The van der Waals surface area contributed by atoms with E-state index in [-0.39, 0.29) is 0 Å². The highest BCUT2D eigenvalue weighted by atomic mass is 79.9. The fraction of sp³-hybridized carbons (Fsp3) is 0.231. The van der Waals surface area contributed by atoms with Crippen LogP contribution >= 0.6 is 27.3 Å². The van der Waals surface area contributed by atoms with Gasteiger partial charge in [0.25, 0.3) is 0 Å². The van der Waals surface area contributed by atoms with Gasteiger partial charge >= 0.3 is 0 Å². The molecule has 2 nitrogen and oxygen atoms in total. The molecule has 0 radical (unpaired) electrons. The second-order valence-electron chi connectivity index (χ2n) is 3.83. The van der Waals surface area contributed by atoms with Crippen molar-refractivity contribution in [3.8, 4) is 5.75 Å². The van der Waals surface area contributed by atoms with Crippen LogP contribution < -0.4 is 4.74 Å². The Hall–Kier alpha value is -0.840. The minimum atomic E-state index is -0.646. The number of aliphatic hydroxyl groups excluding tert-OH is 1. The number of ether oxygens (including phenoxy) is 1. The SMILES string of the molecule is COc1ccc(C)cc1C(O)c1csc(Br)c1. The van der Waals surface area contributed by atoms with Gasteiger partial charge in [-0.15, -0.1) is 11.3 Å². The van der Waals surface area contributed by atoms with E-state index >= 15 is 0 Å². The Labute approximate surface area is 113 Å². The summed E-state index contributed by atoms with van der Waals surface area (Å²) < 4.78 is 6.29. The van der Waals surface area contributed by atoms with E-state index in [1.807, 2.05) is 36.6 Å². The topological polar surface area (TPSA) is 29.5 Å². The number of halogens is 1. The van der Waals surface area contributed by atoms with Crippen LogP contribution in [-0.2, 0) is 0 Å². The van der Waals surface area contributed by atoms with Crippen LogP contribution in [0.25, 0.3) is 0 Å². The summed E-state index contributed by atoms with van der Waals surface area (Å²) in [6, 6.07) is 7.74. The van der Waals surface area contributed by atoms with E-state index in [2.05, 4.69) is 15.9 Å². The fourth-order valence-electron chi connectivity index (χ4n) is 1.71. The van der Waals surface area contributed by atoms with Gasteiger partial charge in [0, 0.05) is 5.56 Å². The first-order valence-corrected chi connectivity index (χ1v) is 6.85. The largest absolute Gasteiger partial charge is 0.496 e. The number of hydrogen-bond donors (Lipinski definition) is 1. The van der Waals surface area contributed by atoms with Gasteiger partial charge in [-0.25, -0.2) is 0 Å². The molecule has 1 atom stereocenters. The van der Waals surface area contributed by atoms with Crippen molar-refractivity contribution < 1.29 is 9.84 Å². The van der Waals surface area contributed by atoms with Gasteiger partial charge in [0.2, 0.25) is 0 Å². The van der Waals surface area contributed by atoms with Gasteiger partial charge in [-0.2, -0.15) is 0 Å². The van der Waals surface area contributed by atoms with Crippen molar-refractivity contribution in [3.05, 3.63) is 50.1 Å². The quantitative estimate of drug-likeness (QED) is 0.931. The molecule has 1 aromatic carbocycles. The molecule has 17 heavy (non-hydrogen) atoms. The Bertz CT molecular complexity index is 522. The summed E-state index contributed by atoms with van der Waals surface area (Å²) in [6.07, 6.45) is -0.646. The monoisotopic (exact) mass is 312 g/mol. The van der Waals surface area contributed by atoms with E-state index in [0.717, 1.165) is 20.5 Å². The van der Waals surface area contributed by atoms with E-state index in [9.17, 15) is 5.11 Å². The molecule has 2 rings (SSSR count). The fourth-order valence-corrected chi connectivity index (χ4v) is 2.91. The van der Waals surface area contributed by atoms with Gasteiger partial charge in [-0.1, -0.05) is 11.6 Å². The second-order valence-corrected chi connectivity index (χ2v) is 6.12. The third-order valence-electron chi connectivity index (χ3n) is 2.58. The average Bonchev–Trinajstić information content (AvgIpc) is 2.75. The van der Waals surface area contributed by atoms with E-state index in [4.69, 9.17) is 4.74 Å². The summed E-state index contributed by atoms with van der Waals surface area (Å²) >= 11 is 4.96. The third-order valence-corrected chi connectivity index (χ3v) is 4.11. The predicted octanol–water partition coefficient (Wildman–Crippen LogP) is 3.91. The smallest absolute Gasteiger partial charge is 0.125 e. The van der Waals surface area contributed by atoms with Crippen molar-refractivity contribution in [3.63, 3.8) is 0 Å². The Morgan fingerprint density at radius 3 is 2.71 bits per heavy atom. The van der Waals surface area contributed by atoms with Crippen LogP contribution in [0, 0.1) is 6.92 Å². The van der Waals surface area contributed by atoms with Crippen molar-refractivity contribution in [2.45, 2.75) is 13.0 Å². The second kappa shape index (κ2) is 5.21. The molecular weight excluding hydrogens is 300 g/mol. The van der Waals surface area contributed by atoms with Gasteiger partial charge in [-0.05, 0) is 52.0 Å². The molecular formula is C13H13BrO2S. The molecule has 1 aromatic heterocycles. The summed E-state index contributed by atoms with van der Waals surface area (Å²) in [4.78, 5) is 0. The number of aliphatic hydroxyl groups is 1. The molecule has 0 aliphatic rings. The Balaban J connectivity index is 2.42. The van der Waals surface area contributed by atoms with Crippen molar-refractivity contribution in [2.75, 3.05) is 7.11 Å². The highest BCUT2D eigenvalue weighted by Crippen LogP contribution is 2.34. The van der Waals surface area contributed by atoms with Crippen LogP contribution in [0.1, 0.15) is 22.8 Å². The maximum absolute atomic E-state index is 10.3. The zero-order chi connectivity index (χ0) is 12.4. The molecule has 0 bridgehead atoms. The Kier molecular flexibility index (Phi) is 3.86. The minimum absolute atomic E-state index is 0.646. The Morgan fingerprint density at radius 1 is 1.35 bits per heavy atom. The van der Waals surface area contributed by atoms with Gasteiger partial charge < -0.3 is 9.84 Å². The Morgan fingerprint density at radius 2 is 2.12 bits per heavy atom. The normalized spacial score (nSPS) is 12.5. The molecule has 0 spiro atoms. The van der Waals surface area contributed by atoms with Crippen LogP contribution in [0.3, 0.4) is 0 Å². The summed E-state index contributed by atoms with van der Waals surface area (Å²) in [5.41, 5.74) is 2.79. The maximum Gasteiger partial charge on any atom is 0.125 e. The van der Waals surface area contributed by atoms with Gasteiger partial charge in [0.05, 0.1) is 10.9 Å². The first-order chi connectivity index (χ1) is 8.11. The molecule has 2 aromatic rings. The first kappa shape index (κ1) is 12.6. The van der Waals surface area contributed by atoms with Crippen LogP contribution in [0.5, 0.6) is 5.75 Å². The molecule has 0 saturated carbocycles. The number of aryl methyl sites for hydroxylation is 1. The molecule has 0 amide bonds. The van der Waals surface area contributed by atoms with Crippen LogP contribution in [0.15, 0.2) is 33.4 Å². The molecule has 0 saturated heterocycles. The number of methoxy groups -OCH3 is 1. The molecule has 0 aliphatic heterocycles. The summed E-state index contributed by atoms with van der Waals surface area (Å²) in [5.74, 6) is 0.713. The van der Waals surface area contributed by atoms with Gasteiger partial charge in [0.15, 0.2) is 0 Å². The molecule has 0 aliphatic carbocycles. The van der Waals surface area contributed by atoms with E-state index in [0.29, 0.717) is 5.75 Å². The van der Waals surface area contributed by atoms with Gasteiger partial charge in [-0.3, -0.25) is 0 Å². The van der Waals surface area contributed by atoms with E-state index < -0.39 is 6.10 Å². The van der Waals surface area contributed by atoms with Crippen molar-refractivity contribution in [1.29, 1.82) is 0 Å². The predicted molar refractivity (Wildman–Crippen MR) is 73.8 cm³/mol. The summed E-state index contributed by atoms with van der Waals surface area (Å²) in [5, 5.41) is 12.3. The summed E-state index contributed by atoms with van der Waals surface area (Å²) in [6.45, 7) is 2.00. The zero-order valence-electron chi connectivity index (χ0n) is 9.61. The molecule has 0 fully saturated rings. The lowest BCUT2D eigenvalue weighted by Gasteiger charge is -2.14. The van der Waals surface area contributed by atoms with Gasteiger partial charge in [0.1, 0.15) is 11.9 Å². The van der Waals surface area contributed by atoms with Crippen LogP contribution in [-0.4, -0.2) is 12.2 Å². The zero-order valence-corrected chi connectivity index (χ0v) is 12.0. The molecule has 90 valence electrons. The van der Waals surface area contributed by atoms with E-state index in [1.165, 1.54) is 0 Å². The minimum Gasteiger partial charge on any atom is -0.496 e. The number of thiophene rings is 1. The van der Waals surface area contributed by atoms with Crippen LogP contribution in [0.2, 0.25) is 0 Å². The molecule has 1 N–H and O–H groups in total. The highest BCUT2D eigenvalue weighted by Gasteiger charge is 2.16. The third kappa shape index (κ3) is 2.70. The summed E-state index contributed by atoms with van der Waals surface area (Å²) in [7, 11) is 1.62. The molecule has 1 heterocycles. The van der Waals surface area contributed by atoms with Crippen molar-refractivity contribution >= 4 is 27.3 Å². The first-order valence-electron chi connectivity index (χ1n) is 5.18. The standard InChI is InChI=1S/C13H13BrO2S/c1-8-3-4-11(16-2)10(5-8)13(15)9-6-12(14)17-7-9/h3-7,13,15H,1-2H3. The maximum atomic E-state index is 10.3. The van der Waals surface area contributed by atoms with Crippen molar-refractivity contribution in [2.24, 2.45) is 0 Å².